The van der Waals surface area contributed by atoms with E-state index in [-0.39, 0.29) is 18.7 Å². The zero-order valence-electron chi connectivity index (χ0n) is 16.2. The van der Waals surface area contributed by atoms with E-state index in [1.807, 2.05) is 18.2 Å². The maximum Gasteiger partial charge on any atom is 0.261 e. The van der Waals surface area contributed by atoms with Crippen molar-refractivity contribution in [3.63, 3.8) is 0 Å². The van der Waals surface area contributed by atoms with Crippen molar-refractivity contribution in [3.05, 3.63) is 52.7 Å². The number of aliphatic hydroxyl groups is 1. The second-order valence-corrected chi connectivity index (χ2v) is 7.73. The normalized spacial score (nSPS) is 17.1. The van der Waals surface area contributed by atoms with Crippen molar-refractivity contribution in [3.8, 4) is 0 Å². The van der Waals surface area contributed by atoms with Crippen LogP contribution in [0.1, 0.15) is 24.5 Å². The number of piperazine rings is 1. The predicted molar refractivity (Wildman–Crippen MR) is 112 cm³/mol. The number of aromatic nitrogens is 4. The topological polar surface area (TPSA) is 87.4 Å². The molecule has 8 heteroatoms. The Morgan fingerprint density at radius 2 is 1.79 bits per heavy atom. The number of aliphatic hydroxyl groups excluding tert-OH is 1. The highest BCUT2D eigenvalue weighted by atomic mass is 16.3. The molecule has 2 fully saturated rings. The van der Waals surface area contributed by atoms with Crippen molar-refractivity contribution in [2.24, 2.45) is 0 Å². The Labute approximate surface area is 168 Å². The lowest BCUT2D eigenvalue weighted by Gasteiger charge is -2.36. The van der Waals surface area contributed by atoms with Crippen LogP contribution >= 0.6 is 0 Å². The van der Waals surface area contributed by atoms with E-state index in [4.69, 9.17) is 5.11 Å². The molecule has 0 spiro atoms. The highest BCUT2D eigenvalue weighted by Gasteiger charge is 2.26. The monoisotopic (exact) mass is 392 g/mol. The first kappa shape index (κ1) is 18.1. The molecule has 5 rings (SSSR count). The molecule has 1 saturated carbocycles. The molecular weight excluding hydrogens is 368 g/mol. The van der Waals surface area contributed by atoms with Gasteiger partial charge in [-0.25, -0.2) is 4.98 Å². The summed E-state index contributed by atoms with van der Waals surface area (Å²) in [4.78, 5) is 21.4. The number of hydrogen-bond acceptors (Lipinski definition) is 7. The summed E-state index contributed by atoms with van der Waals surface area (Å²) in [5.74, 6) is 1.57. The third-order valence-corrected chi connectivity index (χ3v) is 5.79. The lowest BCUT2D eigenvalue weighted by atomic mass is 10.2. The van der Waals surface area contributed by atoms with Crippen LogP contribution in [0.3, 0.4) is 0 Å². The fraction of sp³-hybridized carbons (Fsp3) is 0.429. The van der Waals surface area contributed by atoms with Gasteiger partial charge >= 0.3 is 0 Å². The minimum atomic E-state index is -0.117. The Hall–Kier alpha value is -3.00. The largest absolute Gasteiger partial charge is 0.395 e. The summed E-state index contributed by atoms with van der Waals surface area (Å²) >= 11 is 0. The standard InChI is InChI=1S/C21H24N6O2/c28-12-11-27-14-22-19-13-16(3-4-17(19)21(27)29)25-7-9-26(10-8-25)20-6-5-18(23-24-20)15-1-2-15/h3-6,13-15,28H,1-2,7-12H2. The zero-order valence-corrected chi connectivity index (χ0v) is 16.2. The smallest absolute Gasteiger partial charge is 0.261 e. The molecule has 0 unspecified atom stereocenters. The molecule has 0 amide bonds. The molecule has 8 nitrogen and oxygen atoms in total. The highest BCUT2D eigenvalue weighted by Crippen LogP contribution is 2.38. The zero-order chi connectivity index (χ0) is 19.8. The summed E-state index contributed by atoms with van der Waals surface area (Å²) in [6.07, 6.45) is 3.98. The maximum atomic E-state index is 12.5. The van der Waals surface area contributed by atoms with Crippen molar-refractivity contribution in [2.45, 2.75) is 25.3 Å². The van der Waals surface area contributed by atoms with Gasteiger partial charge in [0.05, 0.1) is 36.1 Å². The maximum absolute atomic E-state index is 12.5. The number of nitrogens with zero attached hydrogens (tertiary/aromatic N) is 6. The first-order valence-corrected chi connectivity index (χ1v) is 10.2. The number of benzene rings is 1. The van der Waals surface area contributed by atoms with Gasteiger partial charge in [-0.2, -0.15) is 5.10 Å². The molecule has 29 heavy (non-hydrogen) atoms. The Kier molecular flexibility index (Phi) is 4.63. The molecule has 1 aliphatic carbocycles. The average Bonchev–Trinajstić information content (AvgIpc) is 3.61. The third kappa shape index (κ3) is 3.55. The molecule has 0 bridgehead atoms. The quantitative estimate of drug-likeness (QED) is 0.702. The van der Waals surface area contributed by atoms with Crippen molar-refractivity contribution < 1.29 is 5.11 Å². The first-order chi connectivity index (χ1) is 14.2. The van der Waals surface area contributed by atoms with Crippen LogP contribution in [0.4, 0.5) is 11.5 Å². The van der Waals surface area contributed by atoms with Crippen LogP contribution in [0.2, 0.25) is 0 Å². The second-order valence-electron chi connectivity index (χ2n) is 7.73. The number of hydrogen-bond donors (Lipinski definition) is 1. The van der Waals surface area contributed by atoms with E-state index in [9.17, 15) is 4.79 Å². The lowest BCUT2D eigenvalue weighted by molar-refractivity contribution is 0.274. The van der Waals surface area contributed by atoms with Gasteiger partial charge in [0.1, 0.15) is 0 Å². The molecule has 150 valence electrons. The van der Waals surface area contributed by atoms with Crippen molar-refractivity contribution in [2.75, 3.05) is 42.6 Å². The second kappa shape index (κ2) is 7.44. The van der Waals surface area contributed by atoms with Crippen LogP contribution in [-0.4, -0.2) is 57.6 Å². The molecule has 1 aliphatic heterocycles. The van der Waals surface area contributed by atoms with Gasteiger partial charge in [0.15, 0.2) is 5.82 Å². The Balaban J connectivity index is 1.29. The molecule has 2 aromatic heterocycles. The van der Waals surface area contributed by atoms with E-state index < -0.39 is 0 Å². The SMILES string of the molecule is O=c1c2ccc(N3CCN(c4ccc(C5CC5)nn4)CC3)cc2ncn1CCO. The molecular formula is C21H24N6O2. The van der Waals surface area contributed by atoms with Crippen LogP contribution in [0, 0.1) is 0 Å². The van der Waals surface area contributed by atoms with Crippen LogP contribution in [0.15, 0.2) is 41.5 Å². The molecule has 3 aromatic rings. The summed E-state index contributed by atoms with van der Waals surface area (Å²) in [7, 11) is 0. The van der Waals surface area contributed by atoms with Gasteiger partial charge in [-0.3, -0.25) is 9.36 Å². The van der Waals surface area contributed by atoms with Gasteiger partial charge in [0, 0.05) is 37.8 Å². The predicted octanol–water partition coefficient (Wildman–Crippen LogP) is 1.38. The first-order valence-electron chi connectivity index (χ1n) is 10.2. The van der Waals surface area contributed by atoms with Crippen molar-refractivity contribution in [1.29, 1.82) is 0 Å². The minimum Gasteiger partial charge on any atom is -0.395 e. The molecule has 3 heterocycles. The van der Waals surface area contributed by atoms with Gasteiger partial charge in [0.25, 0.3) is 5.56 Å². The van der Waals surface area contributed by atoms with Crippen LogP contribution in [-0.2, 0) is 6.54 Å². The van der Waals surface area contributed by atoms with Gasteiger partial charge in [0.2, 0.25) is 0 Å². The van der Waals surface area contributed by atoms with Gasteiger partial charge in [-0.05, 0) is 43.2 Å². The van der Waals surface area contributed by atoms with Crippen LogP contribution in [0.5, 0.6) is 0 Å². The third-order valence-electron chi connectivity index (χ3n) is 5.79. The summed E-state index contributed by atoms with van der Waals surface area (Å²) in [6.45, 7) is 3.68. The Morgan fingerprint density at radius 1 is 1.00 bits per heavy atom. The van der Waals surface area contributed by atoms with Gasteiger partial charge in [-0.15, -0.1) is 5.10 Å². The summed E-state index contributed by atoms with van der Waals surface area (Å²) in [6, 6.07) is 10.00. The summed E-state index contributed by atoms with van der Waals surface area (Å²) in [5, 5.41) is 18.5. The van der Waals surface area contributed by atoms with Gasteiger partial charge < -0.3 is 14.9 Å². The van der Waals surface area contributed by atoms with Crippen molar-refractivity contribution >= 4 is 22.4 Å². The van der Waals surface area contributed by atoms with E-state index in [0.717, 1.165) is 43.4 Å². The Morgan fingerprint density at radius 3 is 2.48 bits per heavy atom. The Bertz CT molecular complexity index is 1070. The molecule has 0 radical (unpaired) electrons. The highest BCUT2D eigenvalue weighted by molar-refractivity contribution is 5.81. The van der Waals surface area contributed by atoms with E-state index in [0.29, 0.717) is 16.8 Å². The van der Waals surface area contributed by atoms with Gasteiger partial charge in [-0.1, -0.05) is 0 Å². The number of rotatable bonds is 5. The fourth-order valence-electron chi connectivity index (χ4n) is 3.91. The fourth-order valence-corrected chi connectivity index (χ4v) is 3.91. The van der Waals surface area contributed by atoms with Crippen molar-refractivity contribution in [1.82, 2.24) is 19.7 Å². The molecule has 1 aromatic carbocycles. The van der Waals surface area contributed by atoms with Crippen LogP contribution < -0.4 is 15.4 Å². The summed E-state index contributed by atoms with van der Waals surface area (Å²) < 4.78 is 1.44. The van der Waals surface area contributed by atoms with E-state index in [2.05, 4.69) is 37.1 Å². The molecule has 1 N–H and O–H groups in total. The molecule has 1 saturated heterocycles. The minimum absolute atomic E-state index is 0.0802. The average molecular weight is 392 g/mol. The lowest BCUT2D eigenvalue weighted by Crippen LogP contribution is -2.46. The molecule has 0 atom stereocenters. The van der Waals surface area contributed by atoms with E-state index in [1.165, 1.54) is 23.7 Å². The van der Waals surface area contributed by atoms with E-state index in [1.54, 1.807) is 0 Å². The molecule has 2 aliphatic rings. The van der Waals surface area contributed by atoms with E-state index >= 15 is 0 Å². The van der Waals surface area contributed by atoms with Crippen LogP contribution in [0.25, 0.3) is 10.9 Å². The summed E-state index contributed by atoms with van der Waals surface area (Å²) in [5.41, 5.74) is 2.76. The number of anilines is 2. The number of fused-ring (bicyclic) bond motifs is 1.